The molecule has 4 heteroatoms. The summed E-state index contributed by atoms with van der Waals surface area (Å²) in [4.78, 5) is 11.8. The van der Waals surface area contributed by atoms with Crippen molar-refractivity contribution >= 4 is 11.6 Å². The number of hydrogen-bond donors (Lipinski definition) is 2. The van der Waals surface area contributed by atoms with E-state index < -0.39 is 5.41 Å². The summed E-state index contributed by atoms with van der Waals surface area (Å²) in [5, 5.41) is 2.72. The fourth-order valence-electron chi connectivity index (χ4n) is 1.12. The zero-order valence-electron chi connectivity index (χ0n) is 9.80. The molecule has 0 aromatic heterocycles. The number of halogens is 1. The van der Waals surface area contributed by atoms with Crippen molar-refractivity contribution in [3.8, 4) is 0 Å². The van der Waals surface area contributed by atoms with Crippen LogP contribution in [0.2, 0.25) is 0 Å². The lowest BCUT2D eigenvalue weighted by molar-refractivity contribution is -0.123. The molecule has 0 aliphatic carbocycles. The van der Waals surface area contributed by atoms with Crippen LogP contribution in [0.3, 0.4) is 0 Å². The molecule has 1 amide bonds. The zero-order chi connectivity index (χ0) is 12.3. The summed E-state index contributed by atoms with van der Waals surface area (Å²) in [5.74, 6) is -0.447. The summed E-state index contributed by atoms with van der Waals surface area (Å²) in [6.45, 7) is 5.44. The molecule has 88 valence electrons. The summed E-state index contributed by atoms with van der Waals surface area (Å²) in [7, 11) is 0. The van der Waals surface area contributed by atoms with Gasteiger partial charge in [0.05, 0.1) is 5.41 Å². The van der Waals surface area contributed by atoms with E-state index in [4.69, 9.17) is 5.73 Å². The van der Waals surface area contributed by atoms with E-state index in [1.807, 2.05) is 0 Å². The maximum atomic E-state index is 13.0. The molecule has 0 atom stereocenters. The Bertz CT molecular complexity index is 402. The van der Waals surface area contributed by atoms with Crippen molar-refractivity contribution in [3.05, 3.63) is 29.6 Å². The third-order valence-electron chi connectivity index (χ3n) is 2.54. The average molecular weight is 224 g/mol. The third-order valence-corrected chi connectivity index (χ3v) is 2.54. The summed E-state index contributed by atoms with van der Waals surface area (Å²) in [6, 6.07) is 4.47. The number of amides is 1. The number of rotatable bonds is 3. The molecule has 0 unspecified atom stereocenters. The molecule has 3 N–H and O–H groups in total. The molecule has 0 aliphatic rings. The lowest BCUT2D eigenvalue weighted by Crippen LogP contribution is -2.37. The smallest absolute Gasteiger partial charge is 0.231 e. The van der Waals surface area contributed by atoms with E-state index >= 15 is 0 Å². The van der Waals surface area contributed by atoms with Crippen LogP contribution < -0.4 is 11.1 Å². The molecule has 0 saturated carbocycles. The van der Waals surface area contributed by atoms with E-state index in [0.717, 1.165) is 0 Å². The summed E-state index contributed by atoms with van der Waals surface area (Å²) in [6.07, 6.45) is 0. The van der Waals surface area contributed by atoms with E-state index in [2.05, 4.69) is 5.32 Å². The van der Waals surface area contributed by atoms with Crippen molar-refractivity contribution in [2.75, 3.05) is 11.9 Å². The Balaban J connectivity index is 2.82. The average Bonchev–Trinajstić information content (AvgIpc) is 2.23. The number of benzene rings is 1. The lowest BCUT2D eigenvalue weighted by atomic mass is 9.92. The van der Waals surface area contributed by atoms with Gasteiger partial charge in [-0.15, -0.1) is 0 Å². The number of carbonyl (C=O) groups is 1. The maximum Gasteiger partial charge on any atom is 0.231 e. The first-order valence-corrected chi connectivity index (χ1v) is 5.14. The summed E-state index contributed by atoms with van der Waals surface area (Å²) >= 11 is 0. The monoisotopic (exact) mass is 224 g/mol. The molecular formula is C12H17FN2O. The van der Waals surface area contributed by atoms with Crippen LogP contribution in [0.25, 0.3) is 0 Å². The molecule has 0 heterocycles. The number of hydrogen-bond acceptors (Lipinski definition) is 2. The van der Waals surface area contributed by atoms with E-state index in [1.165, 1.54) is 12.1 Å². The highest BCUT2D eigenvalue weighted by atomic mass is 19.1. The Kier molecular flexibility index (Phi) is 3.65. The van der Waals surface area contributed by atoms with Gasteiger partial charge in [0, 0.05) is 12.2 Å². The molecule has 0 fully saturated rings. The molecule has 0 radical (unpaired) electrons. The van der Waals surface area contributed by atoms with Crippen molar-refractivity contribution in [1.82, 2.24) is 0 Å². The fourth-order valence-corrected chi connectivity index (χ4v) is 1.12. The van der Waals surface area contributed by atoms with E-state index in [0.29, 0.717) is 11.3 Å². The van der Waals surface area contributed by atoms with Crippen molar-refractivity contribution < 1.29 is 9.18 Å². The van der Waals surface area contributed by atoms with Gasteiger partial charge in [-0.1, -0.05) is 0 Å². The molecule has 1 aromatic rings. The fraction of sp³-hybridized carbons (Fsp3) is 0.417. The van der Waals surface area contributed by atoms with Crippen LogP contribution in [-0.2, 0) is 4.79 Å². The first-order chi connectivity index (χ1) is 7.36. The standard InChI is InChI=1S/C12H17FN2O/c1-8-6-9(4-5-10(8)13)15-11(16)12(2,3)7-14/h4-6H,7,14H2,1-3H3,(H,15,16). The largest absolute Gasteiger partial charge is 0.329 e. The van der Waals surface area contributed by atoms with E-state index in [1.54, 1.807) is 26.8 Å². The van der Waals surface area contributed by atoms with Gasteiger partial charge in [-0.05, 0) is 44.5 Å². The Labute approximate surface area is 94.8 Å². The number of nitrogens with two attached hydrogens (primary N) is 1. The van der Waals surface area contributed by atoms with Crippen LogP contribution in [0.15, 0.2) is 18.2 Å². The second-order valence-electron chi connectivity index (χ2n) is 4.51. The van der Waals surface area contributed by atoms with Gasteiger partial charge in [0.15, 0.2) is 0 Å². The van der Waals surface area contributed by atoms with Crippen LogP contribution >= 0.6 is 0 Å². The minimum Gasteiger partial charge on any atom is -0.329 e. The Morgan fingerprint density at radius 3 is 2.62 bits per heavy atom. The SMILES string of the molecule is Cc1cc(NC(=O)C(C)(C)CN)ccc1F. The van der Waals surface area contributed by atoms with Crippen LogP contribution in [-0.4, -0.2) is 12.5 Å². The molecule has 0 aliphatic heterocycles. The van der Waals surface area contributed by atoms with Crippen LogP contribution in [0, 0.1) is 18.2 Å². The van der Waals surface area contributed by atoms with Gasteiger partial charge in [-0.25, -0.2) is 4.39 Å². The molecule has 3 nitrogen and oxygen atoms in total. The van der Waals surface area contributed by atoms with Gasteiger partial charge in [-0.2, -0.15) is 0 Å². The summed E-state index contributed by atoms with van der Waals surface area (Å²) in [5.41, 5.74) is 5.96. The van der Waals surface area contributed by atoms with Gasteiger partial charge < -0.3 is 11.1 Å². The number of aryl methyl sites for hydroxylation is 1. The van der Waals surface area contributed by atoms with Gasteiger partial charge in [0.2, 0.25) is 5.91 Å². The van der Waals surface area contributed by atoms with Gasteiger partial charge >= 0.3 is 0 Å². The maximum absolute atomic E-state index is 13.0. The number of nitrogens with one attached hydrogen (secondary N) is 1. The molecule has 0 saturated heterocycles. The van der Waals surface area contributed by atoms with Crippen molar-refractivity contribution in [2.24, 2.45) is 11.1 Å². The molecule has 1 aromatic carbocycles. The first kappa shape index (κ1) is 12.6. The van der Waals surface area contributed by atoms with Crippen LogP contribution in [0.5, 0.6) is 0 Å². The molecule has 16 heavy (non-hydrogen) atoms. The number of anilines is 1. The minimum atomic E-state index is -0.623. The predicted octanol–water partition coefficient (Wildman–Crippen LogP) is 2.06. The second-order valence-corrected chi connectivity index (χ2v) is 4.51. The number of carbonyl (C=O) groups excluding carboxylic acids is 1. The Morgan fingerprint density at radius 2 is 2.12 bits per heavy atom. The van der Waals surface area contributed by atoms with Crippen LogP contribution in [0.4, 0.5) is 10.1 Å². The second kappa shape index (κ2) is 4.61. The molecule has 0 spiro atoms. The van der Waals surface area contributed by atoms with E-state index in [-0.39, 0.29) is 18.3 Å². The zero-order valence-corrected chi connectivity index (χ0v) is 9.80. The van der Waals surface area contributed by atoms with Crippen molar-refractivity contribution in [1.29, 1.82) is 0 Å². The first-order valence-electron chi connectivity index (χ1n) is 5.14. The van der Waals surface area contributed by atoms with Gasteiger partial charge in [0.1, 0.15) is 5.82 Å². The Hall–Kier alpha value is -1.42. The van der Waals surface area contributed by atoms with Gasteiger partial charge in [0.25, 0.3) is 0 Å². The third kappa shape index (κ3) is 2.79. The highest BCUT2D eigenvalue weighted by molar-refractivity contribution is 5.95. The predicted molar refractivity (Wildman–Crippen MR) is 62.6 cm³/mol. The Morgan fingerprint density at radius 1 is 1.50 bits per heavy atom. The highest BCUT2D eigenvalue weighted by Gasteiger charge is 2.25. The quantitative estimate of drug-likeness (QED) is 0.825. The highest BCUT2D eigenvalue weighted by Crippen LogP contribution is 2.18. The van der Waals surface area contributed by atoms with Crippen molar-refractivity contribution in [3.63, 3.8) is 0 Å². The minimum absolute atomic E-state index is 0.166. The molecule has 1 rings (SSSR count). The normalized spacial score (nSPS) is 11.3. The lowest BCUT2D eigenvalue weighted by Gasteiger charge is -2.21. The summed E-state index contributed by atoms with van der Waals surface area (Å²) < 4.78 is 13.0. The van der Waals surface area contributed by atoms with Gasteiger partial charge in [-0.3, -0.25) is 4.79 Å². The van der Waals surface area contributed by atoms with E-state index in [9.17, 15) is 9.18 Å². The van der Waals surface area contributed by atoms with Crippen molar-refractivity contribution in [2.45, 2.75) is 20.8 Å². The van der Waals surface area contributed by atoms with Crippen LogP contribution in [0.1, 0.15) is 19.4 Å². The molecule has 0 bridgehead atoms. The topological polar surface area (TPSA) is 55.1 Å². The molecular weight excluding hydrogens is 207 g/mol.